The van der Waals surface area contributed by atoms with E-state index in [9.17, 15) is 24.8 Å². The van der Waals surface area contributed by atoms with Crippen LogP contribution in [0.1, 0.15) is 31.0 Å². The van der Waals surface area contributed by atoms with E-state index in [1.165, 1.54) is 38.1 Å². The number of non-ortho nitro benzene ring substituents is 1. The number of carboxylic acid groups (broad SMARTS) is 1. The first-order valence-electron chi connectivity index (χ1n) is 8.17. The van der Waals surface area contributed by atoms with Crippen molar-refractivity contribution in [1.29, 1.82) is 0 Å². The van der Waals surface area contributed by atoms with Gasteiger partial charge in [0.05, 0.1) is 16.4 Å². The number of ether oxygens (including phenoxy) is 1. The SMILES string of the molecule is CC(C)(C(=O)O)[C@H](NC(=O)OCc1ccccc1)c1cccc([N+](=O)[O-])c1. The van der Waals surface area contributed by atoms with Gasteiger partial charge < -0.3 is 15.2 Å². The normalized spacial score (nSPS) is 12.1. The molecule has 0 saturated heterocycles. The van der Waals surface area contributed by atoms with Crippen LogP contribution in [0.3, 0.4) is 0 Å². The third-order valence-electron chi connectivity index (χ3n) is 4.16. The molecular weight excluding hydrogens is 352 g/mol. The van der Waals surface area contributed by atoms with Crippen LogP contribution in [0, 0.1) is 15.5 Å². The maximum atomic E-state index is 12.2. The highest BCUT2D eigenvalue weighted by Gasteiger charge is 2.39. The number of carboxylic acids is 1. The van der Waals surface area contributed by atoms with Crippen LogP contribution in [-0.4, -0.2) is 22.1 Å². The lowest BCUT2D eigenvalue weighted by Gasteiger charge is -2.31. The Balaban J connectivity index is 2.23. The van der Waals surface area contributed by atoms with Gasteiger partial charge in [-0.05, 0) is 25.0 Å². The minimum absolute atomic E-state index is 0.0157. The molecule has 0 aliphatic rings. The van der Waals surface area contributed by atoms with Crippen molar-refractivity contribution in [3.8, 4) is 0 Å². The van der Waals surface area contributed by atoms with E-state index in [0.29, 0.717) is 5.56 Å². The lowest BCUT2D eigenvalue weighted by molar-refractivity contribution is -0.385. The van der Waals surface area contributed by atoms with Crippen molar-refractivity contribution >= 4 is 17.7 Å². The van der Waals surface area contributed by atoms with Crippen LogP contribution in [0.2, 0.25) is 0 Å². The molecule has 1 atom stereocenters. The summed E-state index contributed by atoms with van der Waals surface area (Å²) in [6.07, 6.45) is -0.815. The Hall–Kier alpha value is -3.42. The highest BCUT2D eigenvalue weighted by molar-refractivity contribution is 5.77. The summed E-state index contributed by atoms with van der Waals surface area (Å²) in [5.74, 6) is -1.16. The van der Waals surface area contributed by atoms with Gasteiger partial charge in [-0.25, -0.2) is 4.79 Å². The smallest absolute Gasteiger partial charge is 0.407 e. The van der Waals surface area contributed by atoms with Crippen molar-refractivity contribution in [3.63, 3.8) is 0 Å². The standard InChI is InChI=1S/C19H20N2O6/c1-19(2,17(22)23)16(14-9-6-10-15(11-14)21(25)26)20-18(24)27-12-13-7-4-3-5-8-13/h3-11,16H,12H2,1-2H3,(H,20,24)(H,22,23)/t16-/m1/s1. The van der Waals surface area contributed by atoms with Gasteiger partial charge in [0.15, 0.2) is 0 Å². The van der Waals surface area contributed by atoms with E-state index in [0.717, 1.165) is 5.56 Å². The minimum atomic E-state index is -1.43. The minimum Gasteiger partial charge on any atom is -0.481 e. The molecule has 0 unspecified atom stereocenters. The second kappa shape index (κ2) is 8.31. The number of rotatable bonds is 7. The third kappa shape index (κ3) is 5.04. The molecule has 0 aliphatic carbocycles. The van der Waals surface area contributed by atoms with Gasteiger partial charge in [0.25, 0.3) is 5.69 Å². The Kier molecular flexibility index (Phi) is 6.12. The highest BCUT2D eigenvalue weighted by atomic mass is 16.6. The number of hydrogen-bond acceptors (Lipinski definition) is 5. The van der Waals surface area contributed by atoms with E-state index in [1.54, 1.807) is 24.3 Å². The summed E-state index contributed by atoms with van der Waals surface area (Å²) in [5, 5.41) is 23.1. The number of nitrogens with one attached hydrogen (secondary N) is 1. The first-order chi connectivity index (χ1) is 12.7. The number of aliphatic carboxylic acids is 1. The lowest BCUT2D eigenvalue weighted by atomic mass is 9.80. The molecule has 27 heavy (non-hydrogen) atoms. The van der Waals surface area contributed by atoms with Crippen LogP contribution in [0.5, 0.6) is 0 Å². The molecule has 0 aliphatic heterocycles. The first-order valence-corrected chi connectivity index (χ1v) is 8.17. The van der Waals surface area contributed by atoms with Gasteiger partial charge in [0.1, 0.15) is 6.61 Å². The highest BCUT2D eigenvalue weighted by Crippen LogP contribution is 2.35. The van der Waals surface area contributed by atoms with Crippen molar-refractivity contribution in [2.75, 3.05) is 0 Å². The van der Waals surface area contributed by atoms with Crippen molar-refractivity contribution in [2.45, 2.75) is 26.5 Å². The number of nitro benzene ring substituents is 1. The van der Waals surface area contributed by atoms with E-state index in [-0.39, 0.29) is 12.3 Å². The molecule has 2 N–H and O–H groups in total. The van der Waals surface area contributed by atoms with Crippen LogP contribution in [-0.2, 0) is 16.1 Å². The van der Waals surface area contributed by atoms with E-state index < -0.39 is 28.4 Å². The van der Waals surface area contributed by atoms with Gasteiger partial charge in [-0.1, -0.05) is 42.5 Å². The molecule has 0 radical (unpaired) electrons. The van der Waals surface area contributed by atoms with Gasteiger partial charge >= 0.3 is 12.1 Å². The Morgan fingerprint density at radius 3 is 2.44 bits per heavy atom. The fraction of sp³-hybridized carbons (Fsp3) is 0.263. The molecular formula is C19H20N2O6. The molecule has 2 aromatic rings. The number of hydrogen-bond donors (Lipinski definition) is 2. The molecule has 8 nitrogen and oxygen atoms in total. The molecule has 0 fully saturated rings. The zero-order valence-electron chi connectivity index (χ0n) is 14.9. The van der Waals surface area contributed by atoms with Crippen LogP contribution < -0.4 is 5.32 Å². The second-order valence-electron chi connectivity index (χ2n) is 6.52. The van der Waals surface area contributed by atoms with Gasteiger partial charge in [0, 0.05) is 12.1 Å². The van der Waals surface area contributed by atoms with Crippen molar-refractivity contribution in [3.05, 3.63) is 75.8 Å². The second-order valence-corrected chi connectivity index (χ2v) is 6.52. The summed E-state index contributed by atoms with van der Waals surface area (Å²) in [6, 6.07) is 13.5. The Morgan fingerprint density at radius 2 is 1.85 bits per heavy atom. The number of carbonyl (C=O) groups excluding carboxylic acids is 1. The van der Waals surface area contributed by atoms with Gasteiger partial charge in [-0.2, -0.15) is 0 Å². The summed E-state index contributed by atoms with van der Waals surface area (Å²) in [5.41, 5.74) is -0.551. The van der Waals surface area contributed by atoms with Crippen LogP contribution in [0.15, 0.2) is 54.6 Å². The molecule has 1 amide bonds. The topological polar surface area (TPSA) is 119 Å². The van der Waals surface area contributed by atoms with E-state index in [1.807, 2.05) is 6.07 Å². The number of nitro groups is 1. The monoisotopic (exact) mass is 372 g/mol. The Labute approximate surface area is 155 Å². The zero-order valence-corrected chi connectivity index (χ0v) is 14.9. The molecule has 0 saturated carbocycles. The molecule has 0 heterocycles. The summed E-state index contributed by atoms with van der Waals surface area (Å²) in [7, 11) is 0. The zero-order chi connectivity index (χ0) is 20.0. The van der Waals surface area contributed by atoms with Crippen LogP contribution in [0.4, 0.5) is 10.5 Å². The third-order valence-corrected chi connectivity index (χ3v) is 4.16. The van der Waals surface area contributed by atoms with Crippen molar-refractivity contribution in [1.82, 2.24) is 5.32 Å². The van der Waals surface area contributed by atoms with E-state index in [2.05, 4.69) is 5.32 Å². The Bertz CT molecular complexity index is 835. The number of amides is 1. The quantitative estimate of drug-likeness (QED) is 0.565. The predicted molar refractivity (Wildman–Crippen MR) is 97.0 cm³/mol. The van der Waals surface area contributed by atoms with Gasteiger partial charge in [-0.15, -0.1) is 0 Å². The van der Waals surface area contributed by atoms with Crippen molar-refractivity contribution < 1.29 is 24.4 Å². The average molecular weight is 372 g/mol. The molecule has 2 aromatic carbocycles. The van der Waals surface area contributed by atoms with Crippen LogP contribution >= 0.6 is 0 Å². The lowest BCUT2D eigenvalue weighted by Crippen LogP contribution is -2.42. The maximum absolute atomic E-state index is 12.2. The largest absolute Gasteiger partial charge is 0.481 e. The fourth-order valence-corrected chi connectivity index (χ4v) is 2.50. The summed E-state index contributed by atoms with van der Waals surface area (Å²) >= 11 is 0. The number of nitrogens with zero attached hydrogens (tertiary/aromatic N) is 1. The molecule has 0 bridgehead atoms. The number of carbonyl (C=O) groups is 2. The van der Waals surface area contributed by atoms with Crippen molar-refractivity contribution in [2.24, 2.45) is 5.41 Å². The molecule has 2 rings (SSSR count). The van der Waals surface area contributed by atoms with E-state index >= 15 is 0 Å². The maximum Gasteiger partial charge on any atom is 0.407 e. The summed E-state index contributed by atoms with van der Waals surface area (Å²) < 4.78 is 5.16. The number of benzene rings is 2. The van der Waals surface area contributed by atoms with E-state index in [4.69, 9.17) is 4.74 Å². The molecule has 0 spiro atoms. The molecule has 0 aromatic heterocycles. The Morgan fingerprint density at radius 1 is 1.19 bits per heavy atom. The number of alkyl carbamates (subject to hydrolysis) is 1. The first kappa shape index (κ1) is 19.9. The van der Waals surface area contributed by atoms with Gasteiger partial charge in [0.2, 0.25) is 0 Å². The molecule has 142 valence electrons. The predicted octanol–water partition coefficient (Wildman–Crippen LogP) is 3.67. The molecule has 8 heteroatoms. The summed E-state index contributed by atoms with van der Waals surface area (Å²) in [6.45, 7) is 2.87. The van der Waals surface area contributed by atoms with Crippen LogP contribution in [0.25, 0.3) is 0 Å². The van der Waals surface area contributed by atoms with Gasteiger partial charge in [-0.3, -0.25) is 14.9 Å². The average Bonchev–Trinajstić information content (AvgIpc) is 2.65. The fourth-order valence-electron chi connectivity index (χ4n) is 2.50. The summed E-state index contributed by atoms with van der Waals surface area (Å²) in [4.78, 5) is 34.4.